The first-order valence-corrected chi connectivity index (χ1v) is 8.03. The smallest absolute Gasteiger partial charge is 0.410 e. The molecule has 0 saturated heterocycles. The molecule has 2 rings (SSSR count). The Morgan fingerprint density at radius 3 is 2.65 bits per heavy atom. The SMILES string of the molecule is CCCC(=O)Nc1c2c(nn1C)CCN(C(=O)OC(C)(C)C)C2. The summed E-state index contributed by atoms with van der Waals surface area (Å²) in [6, 6.07) is 0. The predicted octanol–water partition coefficient (Wildman–Crippen LogP) is 2.45. The van der Waals surface area contributed by atoms with E-state index in [4.69, 9.17) is 4.74 Å². The van der Waals surface area contributed by atoms with Crippen LogP contribution in [0.4, 0.5) is 10.6 Å². The topological polar surface area (TPSA) is 76.5 Å². The number of anilines is 1. The summed E-state index contributed by atoms with van der Waals surface area (Å²) in [6.45, 7) is 8.48. The van der Waals surface area contributed by atoms with Gasteiger partial charge in [-0.1, -0.05) is 6.92 Å². The molecule has 0 unspecified atom stereocenters. The van der Waals surface area contributed by atoms with Crippen molar-refractivity contribution < 1.29 is 14.3 Å². The van der Waals surface area contributed by atoms with Crippen molar-refractivity contribution in [3.8, 4) is 0 Å². The maximum absolute atomic E-state index is 12.3. The summed E-state index contributed by atoms with van der Waals surface area (Å²) < 4.78 is 7.11. The lowest BCUT2D eigenvalue weighted by Gasteiger charge is -2.29. The molecule has 1 N–H and O–H groups in total. The molecular weight excluding hydrogens is 296 g/mol. The highest BCUT2D eigenvalue weighted by Gasteiger charge is 2.29. The maximum Gasteiger partial charge on any atom is 0.410 e. The number of carbonyl (C=O) groups is 2. The van der Waals surface area contributed by atoms with Crippen molar-refractivity contribution in [2.24, 2.45) is 7.05 Å². The maximum atomic E-state index is 12.3. The van der Waals surface area contributed by atoms with Gasteiger partial charge < -0.3 is 15.0 Å². The van der Waals surface area contributed by atoms with Crippen LogP contribution >= 0.6 is 0 Å². The molecule has 0 radical (unpaired) electrons. The molecule has 1 aromatic heterocycles. The second-order valence-electron chi connectivity index (χ2n) is 6.85. The third kappa shape index (κ3) is 4.24. The second-order valence-corrected chi connectivity index (χ2v) is 6.85. The first-order valence-electron chi connectivity index (χ1n) is 8.03. The molecule has 0 saturated carbocycles. The Balaban J connectivity index is 2.16. The van der Waals surface area contributed by atoms with Crippen LogP contribution in [0.25, 0.3) is 0 Å². The third-order valence-electron chi connectivity index (χ3n) is 3.58. The fourth-order valence-corrected chi connectivity index (χ4v) is 2.56. The summed E-state index contributed by atoms with van der Waals surface area (Å²) in [5, 5.41) is 7.37. The van der Waals surface area contributed by atoms with Crippen molar-refractivity contribution >= 4 is 17.8 Å². The van der Waals surface area contributed by atoms with Gasteiger partial charge in [-0.2, -0.15) is 5.10 Å². The summed E-state index contributed by atoms with van der Waals surface area (Å²) in [4.78, 5) is 25.8. The van der Waals surface area contributed by atoms with Crippen LogP contribution in [0.5, 0.6) is 0 Å². The van der Waals surface area contributed by atoms with E-state index in [9.17, 15) is 9.59 Å². The minimum Gasteiger partial charge on any atom is -0.444 e. The van der Waals surface area contributed by atoms with Gasteiger partial charge in [0.1, 0.15) is 11.4 Å². The number of hydrogen-bond donors (Lipinski definition) is 1. The van der Waals surface area contributed by atoms with Crippen molar-refractivity contribution in [3.63, 3.8) is 0 Å². The van der Waals surface area contributed by atoms with Crippen molar-refractivity contribution in [2.45, 2.75) is 59.1 Å². The Bertz CT molecular complexity index is 601. The van der Waals surface area contributed by atoms with Crippen molar-refractivity contribution in [3.05, 3.63) is 11.3 Å². The molecule has 0 aromatic carbocycles. The summed E-state index contributed by atoms with van der Waals surface area (Å²) in [6.07, 6.45) is 1.58. The number of nitrogens with zero attached hydrogens (tertiary/aromatic N) is 3. The van der Waals surface area contributed by atoms with Crippen LogP contribution in [0.3, 0.4) is 0 Å². The van der Waals surface area contributed by atoms with Gasteiger partial charge >= 0.3 is 6.09 Å². The minimum atomic E-state index is -0.523. The quantitative estimate of drug-likeness (QED) is 0.927. The third-order valence-corrected chi connectivity index (χ3v) is 3.58. The van der Waals surface area contributed by atoms with Gasteiger partial charge in [-0.05, 0) is 27.2 Å². The van der Waals surface area contributed by atoms with E-state index in [2.05, 4.69) is 10.4 Å². The summed E-state index contributed by atoms with van der Waals surface area (Å²) in [7, 11) is 1.80. The lowest BCUT2D eigenvalue weighted by Crippen LogP contribution is -2.40. The van der Waals surface area contributed by atoms with Crippen LogP contribution in [0.15, 0.2) is 0 Å². The van der Waals surface area contributed by atoms with Crippen molar-refractivity contribution in [2.75, 3.05) is 11.9 Å². The molecule has 1 aliphatic heterocycles. The molecule has 128 valence electrons. The molecule has 7 heteroatoms. The van der Waals surface area contributed by atoms with E-state index in [0.29, 0.717) is 31.7 Å². The highest BCUT2D eigenvalue weighted by molar-refractivity contribution is 5.90. The van der Waals surface area contributed by atoms with Gasteiger partial charge in [-0.25, -0.2) is 4.79 Å². The van der Waals surface area contributed by atoms with Gasteiger partial charge in [0.15, 0.2) is 0 Å². The minimum absolute atomic E-state index is 0.0345. The molecule has 0 fully saturated rings. The highest BCUT2D eigenvalue weighted by atomic mass is 16.6. The molecule has 23 heavy (non-hydrogen) atoms. The summed E-state index contributed by atoms with van der Waals surface area (Å²) in [5.74, 6) is 0.638. The molecule has 0 spiro atoms. The average Bonchev–Trinajstić information content (AvgIpc) is 2.73. The predicted molar refractivity (Wildman–Crippen MR) is 87.1 cm³/mol. The van der Waals surface area contributed by atoms with Gasteiger partial charge in [-0.15, -0.1) is 0 Å². The fraction of sp³-hybridized carbons (Fsp3) is 0.688. The van der Waals surface area contributed by atoms with Crippen LogP contribution in [-0.2, 0) is 29.5 Å². The van der Waals surface area contributed by atoms with Crippen molar-refractivity contribution in [1.82, 2.24) is 14.7 Å². The normalized spacial score (nSPS) is 14.4. The van der Waals surface area contributed by atoms with Crippen LogP contribution in [0.1, 0.15) is 51.8 Å². The molecule has 2 amide bonds. The zero-order chi connectivity index (χ0) is 17.2. The van der Waals surface area contributed by atoms with Gasteiger partial charge in [0.25, 0.3) is 0 Å². The van der Waals surface area contributed by atoms with E-state index in [1.807, 2.05) is 27.7 Å². The van der Waals surface area contributed by atoms with Gasteiger partial charge in [0.2, 0.25) is 5.91 Å². The number of carbonyl (C=O) groups excluding carboxylic acids is 2. The summed E-state index contributed by atoms with van der Waals surface area (Å²) >= 11 is 0. The Kier molecular flexibility index (Phi) is 4.97. The van der Waals surface area contributed by atoms with E-state index < -0.39 is 5.60 Å². The standard InChI is InChI=1S/C16H26N4O3/c1-6-7-13(21)17-14-11-10-20(15(22)23-16(2,3)4)9-8-12(11)18-19(14)5/h6-10H2,1-5H3,(H,17,21). The summed E-state index contributed by atoms with van der Waals surface area (Å²) in [5.41, 5.74) is 1.30. The largest absolute Gasteiger partial charge is 0.444 e. The molecule has 1 aliphatic rings. The number of rotatable bonds is 3. The number of hydrogen-bond acceptors (Lipinski definition) is 4. The zero-order valence-electron chi connectivity index (χ0n) is 14.6. The number of amides is 2. The Hall–Kier alpha value is -2.05. The van der Waals surface area contributed by atoms with Gasteiger partial charge in [0.05, 0.1) is 12.2 Å². The van der Waals surface area contributed by atoms with E-state index >= 15 is 0 Å². The van der Waals surface area contributed by atoms with Crippen LogP contribution in [0.2, 0.25) is 0 Å². The van der Waals surface area contributed by atoms with Crippen molar-refractivity contribution in [1.29, 1.82) is 0 Å². The van der Waals surface area contributed by atoms with Crippen LogP contribution in [-0.4, -0.2) is 38.8 Å². The molecular formula is C16H26N4O3. The highest BCUT2D eigenvalue weighted by Crippen LogP contribution is 2.27. The van der Waals surface area contributed by atoms with E-state index in [0.717, 1.165) is 17.7 Å². The Morgan fingerprint density at radius 1 is 1.35 bits per heavy atom. The fourth-order valence-electron chi connectivity index (χ4n) is 2.56. The number of aromatic nitrogens is 2. The zero-order valence-corrected chi connectivity index (χ0v) is 14.6. The van der Waals surface area contributed by atoms with E-state index in [1.165, 1.54) is 0 Å². The van der Waals surface area contributed by atoms with Gasteiger partial charge in [-0.3, -0.25) is 9.48 Å². The van der Waals surface area contributed by atoms with Crippen LogP contribution < -0.4 is 5.32 Å². The molecule has 1 aromatic rings. The molecule has 0 atom stereocenters. The number of ether oxygens (including phenoxy) is 1. The van der Waals surface area contributed by atoms with Gasteiger partial charge in [0, 0.05) is 32.0 Å². The lowest BCUT2D eigenvalue weighted by molar-refractivity contribution is -0.116. The average molecular weight is 322 g/mol. The number of nitrogens with one attached hydrogen (secondary N) is 1. The number of fused-ring (bicyclic) bond motifs is 1. The molecule has 0 bridgehead atoms. The van der Waals surface area contributed by atoms with E-state index in [1.54, 1.807) is 16.6 Å². The first kappa shape index (κ1) is 17.3. The van der Waals surface area contributed by atoms with E-state index in [-0.39, 0.29) is 12.0 Å². The molecule has 7 nitrogen and oxygen atoms in total. The number of aryl methyl sites for hydroxylation is 1. The second kappa shape index (κ2) is 6.60. The monoisotopic (exact) mass is 322 g/mol. The molecule has 2 heterocycles. The Morgan fingerprint density at radius 2 is 2.04 bits per heavy atom. The lowest BCUT2D eigenvalue weighted by atomic mass is 10.1. The van der Waals surface area contributed by atoms with Crippen LogP contribution in [0, 0.1) is 0 Å². The Labute approximate surface area is 137 Å². The first-order chi connectivity index (χ1) is 10.7. The molecule has 0 aliphatic carbocycles.